The fraction of sp³-hybridized carbons (Fsp3) is 0.905. The van der Waals surface area contributed by atoms with Crippen molar-refractivity contribution in [2.75, 3.05) is 13.2 Å². The summed E-state index contributed by atoms with van der Waals surface area (Å²) in [5, 5.41) is 0. The lowest BCUT2D eigenvalue weighted by Crippen LogP contribution is -2.63. The molecule has 0 aromatic rings. The van der Waals surface area contributed by atoms with Gasteiger partial charge in [-0.25, -0.2) is 9.00 Å². The summed E-state index contributed by atoms with van der Waals surface area (Å²) in [4.78, 5) is 24.5. The molecule has 0 aliphatic heterocycles. The van der Waals surface area contributed by atoms with Crippen LogP contribution in [0.25, 0.3) is 0 Å². The number of hydrogen-bond donors (Lipinski definition) is 0. The van der Waals surface area contributed by atoms with Crippen LogP contribution in [0.2, 0.25) is 0 Å². The molecule has 0 N–H and O–H groups in total. The minimum Gasteiger partial charge on any atom is -0.750 e. The van der Waals surface area contributed by atoms with Crippen LogP contribution in [-0.2, 0) is 34.5 Å². The second kappa shape index (κ2) is 8.39. The highest BCUT2D eigenvalue weighted by Gasteiger charge is 2.78. The molecule has 0 amide bonds. The van der Waals surface area contributed by atoms with Gasteiger partial charge in [-0.3, -0.25) is 8.98 Å². The van der Waals surface area contributed by atoms with E-state index < -0.39 is 39.5 Å². The number of rotatable bonds is 8. The molecule has 7 atom stereocenters. The Bertz CT molecular complexity index is 709. The molecule has 0 spiro atoms. The first kappa shape index (κ1) is 25.1. The molecule has 0 heterocycles. The van der Waals surface area contributed by atoms with Crippen molar-refractivity contribution in [3.05, 3.63) is 0 Å². The van der Waals surface area contributed by atoms with Crippen LogP contribution in [0.1, 0.15) is 68.2 Å². The SMILES string of the molecule is CCC(C)(C)C(=O)OCCOC(=O)OC1(C)C(C)(OS(=O)[O-])C2CC(C)C1(C)C2C. The summed E-state index contributed by atoms with van der Waals surface area (Å²) in [7, 11) is 0. The van der Waals surface area contributed by atoms with Crippen LogP contribution in [0.3, 0.4) is 0 Å². The topological polar surface area (TPSA) is 111 Å². The third-order valence-corrected chi connectivity index (χ3v) is 8.85. The minimum atomic E-state index is -2.76. The van der Waals surface area contributed by atoms with Crippen molar-refractivity contribution in [1.29, 1.82) is 0 Å². The average Bonchev–Trinajstić information content (AvgIpc) is 2.94. The molecule has 30 heavy (non-hydrogen) atoms. The van der Waals surface area contributed by atoms with Crippen LogP contribution in [0, 0.1) is 28.6 Å². The molecule has 9 heteroatoms. The molecule has 0 saturated heterocycles. The summed E-state index contributed by atoms with van der Waals surface area (Å²) in [5.41, 5.74) is -3.54. The lowest BCUT2D eigenvalue weighted by atomic mass is 9.61. The summed E-state index contributed by atoms with van der Waals surface area (Å²) in [5.74, 6) is -0.179. The van der Waals surface area contributed by atoms with Crippen molar-refractivity contribution in [2.24, 2.45) is 28.6 Å². The highest BCUT2D eigenvalue weighted by molar-refractivity contribution is 7.74. The fourth-order valence-electron chi connectivity index (χ4n) is 5.48. The van der Waals surface area contributed by atoms with Crippen molar-refractivity contribution < 1.29 is 36.7 Å². The number of hydrogen-bond acceptors (Lipinski definition) is 8. The lowest BCUT2D eigenvalue weighted by Gasteiger charge is -2.53. The second-order valence-corrected chi connectivity index (χ2v) is 10.4. The van der Waals surface area contributed by atoms with Gasteiger partial charge >= 0.3 is 12.1 Å². The molecule has 2 fully saturated rings. The minimum absolute atomic E-state index is 0.0797. The quantitative estimate of drug-likeness (QED) is 0.314. The molecule has 2 saturated carbocycles. The molecule has 2 aliphatic rings. The Morgan fingerprint density at radius 2 is 1.70 bits per heavy atom. The van der Waals surface area contributed by atoms with E-state index in [1.807, 2.05) is 20.8 Å². The van der Waals surface area contributed by atoms with Crippen LogP contribution >= 0.6 is 0 Å². The van der Waals surface area contributed by atoms with E-state index in [-0.39, 0.29) is 36.9 Å². The van der Waals surface area contributed by atoms with E-state index in [0.717, 1.165) is 6.42 Å². The van der Waals surface area contributed by atoms with Gasteiger partial charge in [0.1, 0.15) is 24.4 Å². The van der Waals surface area contributed by atoms with E-state index in [0.29, 0.717) is 6.42 Å². The van der Waals surface area contributed by atoms with Gasteiger partial charge in [0.15, 0.2) is 0 Å². The number of carbonyl (C=O) groups excluding carboxylic acids is 2. The Kier molecular flexibility index (Phi) is 7.01. The molecule has 174 valence electrons. The van der Waals surface area contributed by atoms with E-state index >= 15 is 0 Å². The zero-order chi connectivity index (χ0) is 23.1. The Morgan fingerprint density at radius 1 is 1.13 bits per heavy atom. The van der Waals surface area contributed by atoms with E-state index in [1.165, 1.54) is 0 Å². The second-order valence-electron chi connectivity index (χ2n) is 9.82. The van der Waals surface area contributed by atoms with Crippen molar-refractivity contribution in [3.8, 4) is 0 Å². The van der Waals surface area contributed by atoms with E-state index in [2.05, 4.69) is 6.92 Å². The molecule has 7 unspecified atom stereocenters. The van der Waals surface area contributed by atoms with Gasteiger partial charge in [0.25, 0.3) is 0 Å². The Balaban J connectivity index is 2.08. The number of fused-ring (bicyclic) bond motifs is 2. The number of esters is 1. The normalized spacial score (nSPS) is 38.9. The summed E-state index contributed by atoms with van der Waals surface area (Å²) in [6.45, 7) is 14.7. The number of carbonyl (C=O) groups is 2. The first-order chi connectivity index (χ1) is 13.7. The molecule has 0 aromatic heterocycles. The molecule has 2 rings (SSSR count). The van der Waals surface area contributed by atoms with E-state index in [1.54, 1.807) is 27.7 Å². The zero-order valence-corrected chi connectivity index (χ0v) is 20.1. The van der Waals surface area contributed by atoms with Crippen molar-refractivity contribution in [2.45, 2.75) is 79.4 Å². The van der Waals surface area contributed by atoms with Gasteiger partial charge in [-0.15, -0.1) is 0 Å². The first-order valence-electron chi connectivity index (χ1n) is 10.5. The Labute approximate surface area is 181 Å². The van der Waals surface area contributed by atoms with E-state index in [9.17, 15) is 18.4 Å². The van der Waals surface area contributed by atoms with Gasteiger partial charge in [-0.05, 0) is 58.3 Å². The van der Waals surface area contributed by atoms with Gasteiger partial charge in [0, 0.05) is 5.41 Å². The van der Waals surface area contributed by atoms with Crippen molar-refractivity contribution in [1.82, 2.24) is 0 Å². The smallest absolute Gasteiger partial charge is 0.509 e. The van der Waals surface area contributed by atoms with Crippen molar-refractivity contribution >= 4 is 23.5 Å². The molecule has 2 aliphatic carbocycles. The van der Waals surface area contributed by atoms with Crippen LogP contribution < -0.4 is 0 Å². The monoisotopic (exact) mass is 447 g/mol. The zero-order valence-electron chi connectivity index (χ0n) is 19.2. The first-order valence-corrected chi connectivity index (χ1v) is 11.5. The van der Waals surface area contributed by atoms with Crippen molar-refractivity contribution in [3.63, 3.8) is 0 Å². The molecule has 2 bridgehead atoms. The van der Waals surface area contributed by atoms with E-state index in [4.69, 9.17) is 18.4 Å². The predicted molar refractivity (Wildman–Crippen MR) is 109 cm³/mol. The van der Waals surface area contributed by atoms with Crippen LogP contribution in [0.15, 0.2) is 0 Å². The molecule has 0 radical (unpaired) electrons. The summed E-state index contributed by atoms with van der Waals surface area (Å²) in [6, 6.07) is 0. The van der Waals surface area contributed by atoms with Gasteiger partial charge in [-0.2, -0.15) is 0 Å². The average molecular weight is 448 g/mol. The maximum atomic E-state index is 12.5. The predicted octanol–water partition coefficient (Wildman–Crippen LogP) is 3.76. The highest BCUT2D eigenvalue weighted by Crippen LogP contribution is 2.71. The summed E-state index contributed by atoms with van der Waals surface area (Å²) >= 11 is -2.76. The van der Waals surface area contributed by atoms with Gasteiger partial charge in [-0.1, -0.05) is 27.7 Å². The molecular weight excluding hydrogens is 412 g/mol. The fourth-order valence-corrected chi connectivity index (χ4v) is 6.05. The maximum Gasteiger partial charge on any atom is 0.509 e. The standard InChI is InChI=1S/C21H36O8S/c1-9-18(4,5)16(22)26-10-11-27-17(23)28-21(8)19(6)13(2)12-15(14(19)3)20(21,7)29-30(24)25/h13-15H,9-12H2,1-8H3,(H,24,25)/p-1. The van der Waals surface area contributed by atoms with Gasteiger partial charge < -0.3 is 18.8 Å². The summed E-state index contributed by atoms with van der Waals surface area (Å²) in [6.07, 6.45) is 0.466. The highest BCUT2D eigenvalue weighted by atomic mass is 32.2. The van der Waals surface area contributed by atoms with Crippen LogP contribution in [-0.4, -0.2) is 45.3 Å². The largest absolute Gasteiger partial charge is 0.750 e. The molecule has 8 nitrogen and oxygen atoms in total. The van der Waals surface area contributed by atoms with Gasteiger partial charge in [0.2, 0.25) is 0 Å². The van der Waals surface area contributed by atoms with Gasteiger partial charge in [0.05, 0.1) is 16.8 Å². The van der Waals surface area contributed by atoms with Crippen LogP contribution in [0.5, 0.6) is 0 Å². The maximum absolute atomic E-state index is 12.5. The third kappa shape index (κ3) is 3.77. The molecular formula is C21H35O8S-. The third-order valence-electron chi connectivity index (χ3n) is 8.36. The summed E-state index contributed by atoms with van der Waals surface area (Å²) < 4.78 is 44.3. The number of ether oxygens (including phenoxy) is 3. The Hall–Kier alpha value is -1.19. The Morgan fingerprint density at radius 3 is 2.23 bits per heavy atom. The lowest BCUT2D eigenvalue weighted by molar-refractivity contribution is -0.197. The molecule has 0 aromatic carbocycles. The van der Waals surface area contributed by atoms with Crippen LogP contribution in [0.4, 0.5) is 4.79 Å².